The molecular formula is C18H24N4O. The second kappa shape index (κ2) is 7.31. The molecule has 2 aromatic rings. The van der Waals surface area contributed by atoms with E-state index in [0.29, 0.717) is 11.5 Å². The SMILES string of the molecule is CCn1cc(C(=O)NCC2CCN(c3ccccc3)CC2)cn1. The summed E-state index contributed by atoms with van der Waals surface area (Å²) in [7, 11) is 0. The molecule has 5 nitrogen and oxygen atoms in total. The first-order valence-electron chi connectivity index (χ1n) is 8.37. The molecule has 1 aliphatic heterocycles. The molecular weight excluding hydrogens is 288 g/mol. The number of nitrogens with zero attached hydrogens (tertiary/aromatic N) is 3. The molecule has 1 saturated heterocycles. The Bertz CT molecular complexity index is 629. The van der Waals surface area contributed by atoms with E-state index in [1.165, 1.54) is 5.69 Å². The maximum Gasteiger partial charge on any atom is 0.254 e. The summed E-state index contributed by atoms with van der Waals surface area (Å²) in [5, 5.41) is 7.19. The van der Waals surface area contributed by atoms with E-state index in [1.54, 1.807) is 17.1 Å². The van der Waals surface area contributed by atoms with Crippen LogP contribution in [0.2, 0.25) is 0 Å². The summed E-state index contributed by atoms with van der Waals surface area (Å²) in [4.78, 5) is 14.5. The number of aromatic nitrogens is 2. The van der Waals surface area contributed by atoms with Crippen molar-refractivity contribution in [3.05, 3.63) is 48.3 Å². The maximum absolute atomic E-state index is 12.1. The molecule has 122 valence electrons. The molecule has 2 heterocycles. The van der Waals surface area contributed by atoms with E-state index >= 15 is 0 Å². The van der Waals surface area contributed by atoms with E-state index in [4.69, 9.17) is 0 Å². The lowest BCUT2D eigenvalue weighted by atomic mass is 9.96. The number of rotatable bonds is 5. The summed E-state index contributed by atoms with van der Waals surface area (Å²) in [5.74, 6) is 0.537. The van der Waals surface area contributed by atoms with Crippen molar-refractivity contribution >= 4 is 11.6 Å². The molecule has 1 aromatic heterocycles. The van der Waals surface area contributed by atoms with Gasteiger partial charge >= 0.3 is 0 Å². The quantitative estimate of drug-likeness (QED) is 0.923. The highest BCUT2D eigenvalue weighted by atomic mass is 16.1. The van der Waals surface area contributed by atoms with Crippen LogP contribution >= 0.6 is 0 Å². The van der Waals surface area contributed by atoms with Crippen molar-refractivity contribution in [3.63, 3.8) is 0 Å². The number of aryl methyl sites for hydroxylation is 1. The number of para-hydroxylation sites is 1. The lowest BCUT2D eigenvalue weighted by Crippen LogP contribution is -2.38. The molecule has 5 heteroatoms. The number of hydrogen-bond donors (Lipinski definition) is 1. The smallest absolute Gasteiger partial charge is 0.254 e. The van der Waals surface area contributed by atoms with E-state index < -0.39 is 0 Å². The van der Waals surface area contributed by atoms with E-state index in [1.807, 2.05) is 13.0 Å². The molecule has 0 atom stereocenters. The van der Waals surface area contributed by atoms with Gasteiger partial charge in [-0.15, -0.1) is 0 Å². The number of carbonyl (C=O) groups is 1. The number of carbonyl (C=O) groups excluding carboxylic acids is 1. The van der Waals surface area contributed by atoms with Gasteiger partial charge in [-0.3, -0.25) is 9.48 Å². The summed E-state index contributed by atoms with van der Waals surface area (Å²) in [5.41, 5.74) is 1.94. The van der Waals surface area contributed by atoms with Gasteiger partial charge < -0.3 is 10.2 Å². The van der Waals surface area contributed by atoms with E-state index in [-0.39, 0.29) is 5.91 Å². The summed E-state index contributed by atoms with van der Waals surface area (Å²) in [6, 6.07) is 10.5. The topological polar surface area (TPSA) is 50.2 Å². The first-order chi connectivity index (χ1) is 11.3. The molecule has 0 aliphatic carbocycles. The molecule has 1 N–H and O–H groups in total. The number of nitrogens with one attached hydrogen (secondary N) is 1. The van der Waals surface area contributed by atoms with Crippen molar-refractivity contribution in [2.45, 2.75) is 26.3 Å². The van der Waals surface area contributed by atoms with Gasteiger partial charge in [0.2, 0.25) is 0 Å². The minimum absolute atomic E-state index is 0.0183. The Balaban J connectivity index is 1.45. The summed E-state index contributed by atoms with van der Waals surface area (Å²) in [6.07, 6.45) is 5.66. The molecule has 23 heavy (non-hydrogen) atoms. The molecule has 1 aliphatic rings. The highest BCUT2D eigenvalue weighted by molar-refractivity contribution is 5.93. The highest BCUT2D eigenvalue weighted by Crippen LogP contribution is 2.22. The summed E-state index contributed by atoms with van der Waals surface area (Å²) >= 11 is 0. The minimum Gasteiger partial charge on any atom is -0.372 e. The van der Waals surface area contributed by atoms with Crippen molar-refractivity contribution in [3.8, 4) is 0 Å². The van der Waals surface area contributed by atoms with Gasteiger partial charge in [0.05, 0.1) is 11.8 Å². The van der Waals surface area contributed by atoms with Crippen LogP contribution in [0.5, 0.6) is 0 Å². The zero-order valence-electron chi connectivity index (χ0n) is 13.6. The van der Waals surface area contributed by atoms with Gasteiger partial charge in [0.15, 0.2) is 0 Å². The Labute approximate surface area is 137 Å². The van der Waals surface area contributed by atoms with Gasteiger partial charge in [0, 0.05) is 38.1 Å². The molecule has 0 spiro atoms. The third-order valence-electron chi connectivity index (χ3n) is 4.51. The van der Waals surface area contributed by atoms with Crippen molar-refractivity contribution < 1.29 is 4.79 Å². The van der Waals surface area contributed by atoms with Crippen LogP contribution in [0.25, 0.3) is 0 Å². The molecule has 1 fully saturated rings. The molecule has 1 aromatic carbocycles. The van der Waals surface area contributed by atoms with Crippen molar-refractivity contribution in [1.29, 1.82) is 0 Å². The van der Waals surface area contributed by atoms with Crippen LogP contribution < -0.4 is 10.2 Å². The number of anilines is 1. The van der Waals surface area contributed by atoms with E-state index in [2.05, 4.69) is 39.6 Å². The Morgan fingerprint density at radius 1 is 1.26 bits per heavy atom. The number of hydrogen-bond acceptors (Lipinski definition) is 3. The number of piperidine rings is 1. The molecule has 1 amide bonds. The van der Waals surface area contributed by atoms with Crippen molar-refractivity contribution in [2.75, 3.05) is 24.5 Å². The first kappa shape index (κ1) is 15.6. The molecule has 0 saturated carbocycles. The predicted octanol–water partition coefficient (Wildman–Crippen LogP) is 2.55. The van der Waals surface area contributed by atoms with E-state index in [0.717, 1.165) is 39.0 Å². The van der Waals surface area contributed by atoms with E-state index in [9.17, 15) is 4.79 Å². The second-order valence-electron chi connectivity index (χ2n) is 6.06. The molecule has 0 unspecified atom stereocenters. The fourth-order valence-electron chi connectivity index (χ4n) is 3.03. The predicted molar refractivity (Wildman–Crippen MR) is 91.6 cm³/mol. The fourth-order valence-corrected chi connectivity index (χ4v) is 3.03. The zero-order valence-corrected chi connectivity index (χ0v) is 13.6. The minimum atomic E-state index is -0.0183. The monoisotopic (exact) mass is 312 g/mol. The van der Waals surface area contributed by atoms with Gasteiger partial charge in [0.1, 0.15) is 0 Å². The van der Waals surface area contributed by atoms with Crippen molar-refractivity contribution in [1.82, 2.24) is 15.1 Å². The highest BCUT2D eigenvalue weighted by Gasteiger charge is 2.20. The van der Waals surface area contributed by atoms with Gasteiger partial charge in [-0.2, -0.15) is 5.10 Å². The maximum atomic E-state index is 12.1. The molecule has 0 bridgehead atoms. The number of benzene rings is 1. The Morgan fingerprint density at radius 3 is 2.65 bits per heavy atom. The van der Waals surface area contributed by atoms with Gasteiger partial charge in [-0.05, 0) is 37.8 Å². The van der Waals surface area contributed by atoms with Crippen LogP contribution in [0.15, 0.2) is 42.7 Å². The molecule has 3 rings (SSSR count). The second-order valence-corrected chi connectivity index (χ2v) is 6.06. The van der Waals surface area contributed by atoms with Crippen LogP contribution in [-0.2, 0) is 6.54 Å². The zero-order chi connectivity index (χ0) is 16.1. The lowest BCUT2D eigenvalue weighted by Gasteiger charge is -2.33. The standard InChI is InChI=1S/C18H24N4O/c1-2-22-14-16(13-20-22)18(23)19-12-15-8-10-21(11-9-15)17-6-4-3-5-7-17/h3-7,13-15H,2,8-12H2,1H3,(H,19,23). The average molecular weight is 312 g/mol. The fraction of sp³-hybridized carbons (Fsp3) is 0.444. The molecule has 0 radical (unpaired) electrons. The largest absolute Gasteiger partial charge is 0.372 e. The average Bonchev–Trinajstić information content (AvgIpc) is 3.10. The summed E-state index contributed by atoms with van der Waals surface area (Å²) in [6.45, 7) is 5.65. The third kappa shape index (κ3) is 3.92. The van der Waals surface area contributed by atoms with Crippen LogP contribution in [-0.4, -0.2) is 35.3 Å². The van der Waals surface area contributed by atoms with Crippen LogP contribution in [0.3, 0.4) is 0 Å². The Kier molecular flexibility index (Phi) is 4.95. The van der Waals surface area contributed by atoms with Crippen LogP contribution in [0.4, 0.5) is 5.69 Å². The van der Waals surface area contributed by atoms with Crippen molar-refractivity contribution in [2.24, 2.45) is 5.92 Å². The van der Waals surface area contributed by atoms with Crippen LogP contribution in [0, 0.1) is 5.92 Å². The summed E-state index contributed by atoms with van der Waals surface area (Å²) < 4.78 is 1.77. The van der Waals surface area contributed by atoms with Crippen LogP contribution in [0.1, 0.15) is 30.1 Å². The van der Waals surface area contributed by atoms with Gasteiger partial charge in [-0.25, -0.2) is 0 Å². The van der Waals surface area contributed by atoms with Gasteiger partial charge in [-0.1, -0.05) is 18.2 Å². The Hall–Kier alpha value is -2.30. The Morgan fingerprint density at radius 2 is 2.00 bits per heavy atom. The van der Waals surface area contributed by atoms with Gasteiger partial charge in [0.25, 0.3) is 5.91 Å². The number of amides is 1. The third-order valence-corrected chi connectivity index (χ3v) is 4.51. The lowest BCUT2D eigenvalue weighted by molar-refractivity contribution is 0.0945. The normalized spacial score (nSPS) is 15.6. The first-order valence-corrected chi connectivity index (χ1v) is 8.37.